The molecule has 1 unspecified atom stereocenters. The zero-order chi connectivity index (χ0) is 18.3. The van der Waals surface area contributed by atoms with Crippen LogP contribution < -0.4 is 10.9 Å². The molecular formula is C18H17N5O2S. The first kappa shape index (κ1) is 16.6. The van der Waals surface area contributed by atoms with Crippen molar-refractivity contribution in [2.45, 2.75) is 24.2 Å². The number of aromatic nitrogens is 4. The van der Waals surface area contributed by atoms with Gasteiger partial charge in [-0.15, -0.1) is 11.8 Å². The minimum absolute atomic E-state index is 0.0637. The second-order valence-electron chi connectivity index (χ2n) is 6.12. The predicted octanol–water partition coefficient (Wildman–Crippen LogP) is 2.46. The summed E-state index contributed by atoms with van der Waals surface area (Å²) in [6, 6.07) is 11.2. The highest BCUT2D eigenvalue weighted by molar-refractivity contribution is 7.98. The quantitative estimate of drug-likeness (QED) is 0.694. The van der Waals surface area contributed by atoms with Crippen LogP contribution in [0.4, 0.5) is 5.82 Å². The Balaban J connectivity index is 1.83. The van der Waals surface area contributed by atoms with Crippen LogP contribution in [0.25, 0.3) is 5.82 Å². The maximum atomic E-state index is 12.3. The van der Waals surface area contributed by atoms with Gasteiger partial charge in [0.25, 0.3) is 5.56 Å². The van der Waals surface area contributed by atoms with E-state index in [1.807, 2.05) is 13.2 Å². The number of benzene rings is 1. The third-order valence-corrected chi connectivity index (χ3v) is 5.25. The van der Waals surface area contributed by atoms with E-state index in [0.29, 0.717) is 18.1 Å². The van der Waals surface area contributed by atoms with Crippen LogP contribution in [-0.2, 0) is 4.79 Å². The summed E-state index contributed by atoms with van der Waals surface area (Å²) in [7, 11) is 0. The minimum Gasteiger partial charge on any atom is -0.310 e. The van der Waals surface area contributed by atoms with Crippen LogP contribution in [0.1, 0.15) is 29.2 Å². The van der Waals surface area contributed by atoms with Gasteiger partial charge in [-0.25, -0.2) is 5.10 Å². The highest BCUT2D eigenvalue weighted by Gasteiger charge is 2.32. The number of nitrogens with zero attached hydrogens (tertiary/aromatic N) is 3. The Kier molecular flexibility index (Phi) is 4.12. The summed E-state index contributed by atoms with van der Waals surface area (Å²) in [5.74, 6) is 0.929. The van der Waals surface area contributed by atoms with Gasteiger partial charge in [0.1, 0.15) is 5.82 Å². The number of nitrogens with one attached hydrogen (secondary N) is 2. The molecule has 2 aromatic heterocycles. The number of amides is 1. The van der Waals surface area contributed by atoms with Gasteiger partial charge in [0, 0.05) is 28.9 Å². The Morgan fingerprint density at radius 2 is 1.92 bits per heavy atom. The van der Waals surface area contributed by atoms with Gasteiger partial charge >= 0.3 is 0 Å². The number of hydrogen-bond acceptors (Lipinski definition) is 5. The molecule has 0 spiro atoms. The van der Waals surface area contributed by atoms with E-state index in [-0.39, 0.29) is 17.4 Å². The second-order valence-corrected chi connectivity index (χ2v) is 7.00. The van der Waals surface area contributed by atoms with E-state index in [9.17, 15) is 9.59 Å². The maximum Gasteiger partial charge on any atom is 0.264 e. The number of aromatic amines is 1. The van der Waals surface area contributed by atoms with Crippen molar-refractivity contribution in [3.05, 3.63) is 63.6 Å². The molecule has 0 radical (unpaired) electrons. The van der Waals surface area contributed by atoms with Gasteiger partial charge in [-0.05, 0) is 36.9 Å². The lowest BCUT2D eigenvalue weighted by molar-refractivity contribution is -0.116. The van der Waals surface area contributed by atoms with Crippen molar-refractivity contribution in [3.63, 3.8) is 0 Å². The summed E-state index contributed by atoms with van der Waals surface area (Å²) >= 11 is 1.68. The zero-order valence-corrected chi connectivity index (χ0v) is 15.1. The van der Waals surface area contributed by atoms with Gasteiger partial charge in [-0.3, -0.25) is 9.59 Å². The van der Waals surface area contributed by atoms with Crippen LogP contribution in [0.3, 0.4) is 0 Å². The Labute approximate surface area is 153 Å². The van der Waals surface area contributed by atoms with Crippen molar-refractivity contribution in [1.82, 2.24) is 20.0 Å². The fourth-order valence-corrected chi connectivity index (χ4v) is 3.70. The Bertz CT molecular complexity index is 1020. The molecule has 26 heavy (non-hydrogen) atoms. The molecule has 0 bridgehead atoms. The SMILES string of the molecule is CSc1ccc(C2CC(=O)Nc3c2c(C)nn3-c2ccc(=O)[nH]n2)cc1. The van der Waals surface area contributed by atoms with Gasteiger partial charge in [0.05, 0.1) is 5.69 Å². The Morgan fingerprint density at radius 1 is 1.15 bits per heavy atom. The molecule has 3 aromatic rings. The van der Waals surface area contributed by atoms with Crippen molar-refractivity contribution < 1.29 is 4.79 Å². The molecule has 4 rings (SSSR count). The molecule has 1 amide bonds. The summed E-state index contributed by atoms with van der Waals surface area (Å²) in [5, 5.41) is 13.9. The predicted molar refractivity (Wildman–Crippen MR) is 100 cm³/mol. The van der Waals surface area contributed by atoms with Gasteiger partial charge in [0.15, 0.2) is 5.82 Å². The average Bonchev–Trinajstić information content (AvgIpc) is 2.98. The molecule has 0 fully saturated rings. The molecule has 132 valence electrons. The van der Waals surface area contributed by atoms with E-state index in [2.05, 4.69) is 44.9 Å². The monoisotopic (exact) mass is 367 g/mol. The van der Waals surface area contributed by atoms with E-state index >= 15 is 0 Å². The van der Waals surface area contributed by atoms with Crippen LogP contribution in [0, 0.1) is 6.92 Å². The van der Waals surface area contributed by atoms with Crippen molar-refractivity contribution in [1.29, 1.82) is 0 Å². The van der Waals surface area contributed by atoms with E-state index in [4.69, 9.17) is 0 Å². The van der Waals surface area contributed by atoms with Crippen LogP contribution in [0.15, 0.2) is 46.1 Å². The van der Waals surface area contributed by atoms with Gasteiger partial charge < -0.3 is 5.32 Å². The largest absolute Gasteiger partial charge is 0.310 e. The molecule has 1 atom stereocenters. The summed E-state index contributed by atoms with van der Waals surface area (Å²) < 4.78 is 1.57. The number of thioether (sulfide) groups is 1. The molecule has 1 aliphatic heterocycles. The van der Waals surface area contributed by atoms with Crippen LogP contribution in [0.2, 0.25) is 0 Å². The van der Waals surface area contributed by atoms with E-state index in [0.717, 1.165) is 16.8 Å². The summed E-state index contributed by atoms with van der Waals surface area (Å²) in [6.45, 7) is 1.92. The topological polar surface area (TPSA) is 92.7 Å². The molecule has 0 aliphatic carbocycles. The standard InChI is InChI=1S/C18H17N5O2S/c1-10-17-13(11-3-5-12(26-2)6-4-11)9-16(25)19-18(17)23(22-10)14-7-8-15(24)21-20-14/h3-8,13H,9H2,1-2H3,(H,19,25)(H,21,24). The van der Waals surface area contributed by atoms with Crippen LogP contribution in [0.5, 0.6) is 0 Å². The average molecular weight is 367 g/mol. The van der Waals surface area contributed by atoms with E-state index < -0.39 is 0 Å². The summed E-state index contributed by atoms with van der Waals surface area (Å²) in [6.07, 6.45) is 2.41. The fraction of sp³-hybridized carbons (Fsp3) is 0.222. The number of H-pyrrole nitrogens is 1. The maximum absolute atomic E-state index is 12.3. The minimum atomic E-state index is -0.290. The van der Waals surface area contributed by atoms with Crippen LogP contribution in [-0.4, -0.2) is 32.1 Å². The molecule has 2 N–H and O–H groups in total. The first-order valence-corrected chi connectivity index (χ1v) is 9.38. The number of carbonyl (C=O) groups excluding carboxylic acids is 1. The van der Waals surface area contributed by atoms with Crippen molar-refractivity contribution >= 4 is 23.5 Å². The molecule has 0 saturated carbocycles. The normalized spacial score (nSPS) is 16.2. The first-order valence-electron chi connectivity index (χ1n) is 8.16. The molecule has 1 aliphatic rings. The summed E-state index contributed by atoms with van der Waals surface area (Å²) in [4.78, 5) is 24.8. The number of carbonyl (C=O) groups is 1. The number of anilines is 1. The molecule has 7 nitrogen and oxygen atoms in total. The number of aryl methyl sites for hydroxylation is 1. The van der Waals surface area contributed by atoms with E-state index in [1.54, 1.807) is 22.5 Å². The third-order valence-electron chi connectivity index (χ3n) is 4.50. The van der Waals surface area contributed by atoms with Crippen LogP contribution >= 0.6 is 11.8 Å². The Morgan fingerprint density at radius 3 is 2.58 bits per heavy atom. The number of fused-ring (bicyclic) bond motifs is 1. The smallest absolute Gasteiger partial charge is 0.264 e. The van der Waals surface area contributed by atoms with Gasteiger partial charge in [0.2, 0.25) is 5.91 Å². The highest BCUT2D eigenvalue weighted by Crippen LogP contribution is 2.40. The molecule has 8 heteroatoms. The van der Waals surface area contributed by atoms with Gasteiger partial charge in [-0.1, -0.05) is 12.1 Å². The fourth-order valence-electron chi connectivity index (χ4n) is 3.29. The number of hydrogen-bond donors (Lipinski definition) is 2. The lowest BCUT2D eigenvalue weighted by Crippen LogP contribution is -2.25. The molecule has 3 heterocycles. The van der Waals surface area contributed by atoms with Crippen molar-refractivity contribution in [2.24, 2.45) is 0 Å². The lowest BCUT2D eigenvalue weighted by Gasteiger charge is -2.24. The number of rotatable bonds is 3. The first-order chi connectivity index (χ1) is 12.6. The highest BCUT2D eigenvalue weighted by atomic mass is 32.2. The summed E-state index contributed by atoms with van der Waals surface area (Å²) in [5.41, 5.74) is 2.60. The van der Waals surface area contributed by atoms with Crippen molar-refractivity contribution in [3.8, 4) is 5.82 Å². The Hall–Kier alpha value is -2.87. The molecule has 0 saturated heterocycles. The molecule has 1 aromatic carbocycles. The third kappa shape index (κ3) is 2.82. The molecular weight excluding hydrogens is 350 g/mol. The van der Waals surface area contributed by atoms with E-state index in [1.165, 1.54) is 11.0 Å². The van der Waals surface area contributed by atoms with Gasteiger partial charge in [-0.2, -0.15) is 14.9 Å². The lowest BCUT2D eigenvalue weighted by atomic mass is 9.86. The zero-order valence-electron chi connectivity index (χ0n) is 14.3. The second kappa shape index (κ2) is 6.45. The van der Waals surface area contributed by atoms with Crippen molar-refractivity contribution in [2.75, 3.05) is 11.6 Å².